The second kappa shape index (κ2) is 8.00. The molecule has 3 rings (SSSR count). The van der Waals surface area contributed by atoms with Crippen molar-refractivity contribution in [3.8, 4) is 0 Å². The minimum atomic E-state index is 0.176. The normalized spacial score (nSPS) is 15.0. The summed E-state index contributed by atoms with van der Waals surface area (Å²) in [7, 11) is 0. The zero-order valence-corrected chi connectivity index (χ0v) is 14.3. The summed E-state index contributed by atoms with van der Waals surface area (Å²) in [6, 6.07) is 16.5. The molecule has 3 nitrogen and oxygen atoms in total. The Morgan fingerprint density at radius 1 is 0.917 bits per heavy atom. The molecule has 0 aliphatic heterocycles. The molecule has 2 N–H and O–H groups in total. The molecule has 2 aromatic carbocycles. The Labute approximate surface area is 144 Å². The van der Waals surface area contributed by atoms with Gasteiger partial charge in [0.2, 0.25) is 5.91 Å². The van der Waals surface area contributed by atoms with Crippen molar-refractivity contribution in [3.05, 3.63) is 59.7 Å². The number of amides is 1. The summed E-state index contributed by atoms with van der Waals surface area (Å²) >= 11 is 0. The van der Waals surface area contributed by atoms with E-state index in [0.717, 1.165) is 30.8 Å². The summed E-state index contributed by atoms with van der Waals surface area (Å²) in [6.07, 6.45) is 5.69. The van der Waals surface area contributed by atoms with E-state index in [1.54, 1.807) is 0 Å². The Kier molecular flexibility index (Phi) is 5.52. The number of carbonyl (C=O) groups is 1. The molecular weight excluding hydrogens is 296 g/mol. The van der Waals surface area contributed by atoms with E-state index < -0.39 is 0 Å². The van der Waals surface area contributed by atoms with E-state index in [1.807, 2.05) is 24.3 Å². The van der Waals surface area contributed by atoms with Crippen LogP contribution < -0.4 is 10.6 Å². The minimum Gasteiger partial charge on any atom is -0.381 e. The summed E-state index contributed by atoms with van der Waals surface area (Å²) in [4.78, 5) is 12.3. The number of nitrogens with one attached hydrogen (secondary N) is 2. The summed E-state index contributed by atoms with van der Waals surface area (Å²) in [5.74, 6) is 0.369. The van der Waals surface area contributed by atoms with E-state index in [1.165, 1.54) is 30.4 Å². The lowest BCUT2D eigenvalue weighted by molar-refractivity contribution is -0.120. The van der Waals surface area contributed by atoms with Crippen LogP contribution in [0.4, 0.5) is 11.4 Å². The number of benzene rings is 2. The predicted octanol–water partition coefficient (Wildman–Crippen LogP) is 5.13. The second-order valence-corrected chi connectivity index (χ2v) is 6.74. The summed E-state index contributed by atoms with van der Waals surface area (Å²) in [6.45, 7) is 2.89. The van der Waals surface area contributed by atoms with Crippen LogP contribution in [0, 0.1) is 12.8 Å². The molecule has 1 saturated carbocycles. The van der Waals surface area contributed by atoms with Crippen molar-refractivity contribution in [2.24, 2.45) is 5.92 Å². The maximum Gasteiger partial charge on any atom is 0.227 e. The zero-order valence-electron chi connectivity index (χ0n) is 14.3. The highest BCUT2D eigenvalue weighted by Gasteiger charge is 2.20. The lowest BCUT2D eigenvalue weighted by atomic mass is 9.88. The average Bonchev–Trinajstić information content (AvgIpc) is 2.63. The first-order valence-corrected chi connectivity index (χ1v) is 8.91. The third kappa shape index (κ3) is 4.60. The van der Waals surface area contributed by atoms with Crippen LogP contribution in [0.25, 0.3) is 0 Å². The number of aryl methyl sites for hydroxylation is 1. The fourth-order valence-corrected chi connectivity index (χ4v) is 3.19. The van der Waals surface area contributed by atoms with E-state index >= 15 is 0 Å². The number of hydrogen-bond donors (Lipinski definition) is 2. The van der Waals surface area contributed by atoms with Gasteiger partial charge in [0, 0.05) is 23.8 Å². The van der Waals surface area contributed by atoms with Crippen molar-refractivity contribution in [2.45, 2.75) is 45.6 Å². The van der Waals surface area contributed by atoms with Gasteiger partial charge in [-0.1, -0.05) is 49.1 Å². The third-order valence-corrected chi connectivity index (χ3v) is 4.75. The molecule has 0 aromatic heterocycles. The third-order valence-electron chi connectivity index (χ3n) is 4.75. The molecule has 3 heteroatoms. The van der Waals surface area contributed by atoms with Gasteiger partial charge in [0.05, 0.1) is 0 Å². The van der Waals surface area contributed by atoms with E-state index in [-0.39, 0.29) is 11.8 Å². The number of anilines is 2. The van der Waals surface area contributed by atoms with Crippen molar-refractivity contribution in [1.29, 1.82) is 0 Å². The Morgan fingerprint density at radius 2 is 1.54 bits per heavy atom. The fraction of sp³-hybridized carbons (Fsp3) is 0.381. The smallest absolute Gasteiger partial charge is 0.227 e. The van der Waals surface area contributed by atoms with Crippen LogP contribution in [0.1, 0.15) is 43.2 Å². The SMILES string of the molecule is Cc1ccc(CNc2ccc(NC(=O)C3CCCCC3)cc2)cc1. The molecule has 0 unspecified atom stereocenters. The Bertz CT molecular complexity index is 655. The molecule has 0 atom stereocenters. The monoisotopic (exact) mass is 322 g/mol. The van der Waals surface area contributed by atoms with Gasteiger partial charge in [-0.15, -0.1) is 0 Å². The number of hydrogen-bond acceptors (Lipinski definition) is 2. The summed E-state index contributed by atoms with van der Waals surface area (Å²) < 4.78 is 0. The molecule has 126 valence electrons. The van der Waals surface area contributed by atoms with Crippen molar-refractivity contribution < 1.29 is 4.79 Å². The van der Waals surface area contributed by atoms with Gasteiger partial charge in [-0.25, -0.2) is 0 Å². The standard InChI is InChI=1S/C21H26N2O/c1-16-7-9-17(10-8-16)15-22-19-11-13-20(14-12-19)23-21(24)18-5-3-2-4-6-18/h7-14,18,22H,2-6,15H2,1H3,(H,23,24). The first kappa shape index (κ1) is 16.6. The van der Waals surface area contributed by atoms with Gasteiger partial charge >= 0.3 is 0 Å². The van der Waals surface area contributed by atoms with Gasteiger partial charge in [-0.2, -0.15) is 0 Å². The van der Waals surface area contributed by atoms with E-state index in [9.17, 15) is 4.79 Å². The second-order valence-electron chi connectivity index (χ2n) is 6.74. The molecule has 0 heterocycles. The summed E-state index contributed by atoms with van der Waals surface area (Å²) in [5.41, 5.74) is 4.48. The van der Waals surface area contributed by atoms with Gasteiger partial charge in [-0.3, -0.25) is 4.79 Å². The van der Waals surface area contributed by atoms with Crippen molar-refractivity contribution in [2.75, 3.05) is 10.6 Å². The maximum atomic E-state index is 12.3. The van der Waals surface area contributed by atoms with Gasteiger partial charge in [-0.05, 0) is 49.6 Å². The first-order chi connectivity index (χ1) is 11.7. The molecule has 1 fully saturated rings. The van der Waals surface area contributed by atoms with Crippen LogP contribution in [-0.4, -0.2) is 5.91 Å². The average molecular weight is 322 g/mol. The summed E-state index contributed by atoms with van der Waals surface area (Å²) in [5, 5.41) is 6.46. The number of rotatable bonds is 5. The quantitative estimate of drug-likeness (QED) is 0.801. The van der Waals surface area contributed by atoms with Crippen LogP contribution >= 0.6 is 0 Å². The Balaban J connectivity index is 1.51. The van der Waals surface area contributed by atoms with Crippen LogP contribution in [-0.2, 0) is 11.3 Å². The Hall–Kier alpha value is -2.29. The van der Waals surface area contributed by atoms with Gasteiger partial charge in [0.1, 0.15) is 0 Å². The van der Waals surface area contributed by atoms with E-state index in [2.05, 4.69) is 41.8 Å². The van der Waals surface area contributed by atoms with Crippen molar-refractivity contribution in [1.82, 2.24) is 0 Å². The fourth-order valence-electron chi connectivity index (χ4n) is 3.19. The zero-order chi connectivity index (χ0) is 16.8. The predicted molar refractivity (Wildman–Crippen MR) is 100 cm³/mol. The molecule has 24 heavy (non-hydrogen) atoms. The lowest BCUT2D eigenvalue weighted by Gasteiger charge is -2.20. The molecule has 0 spiro atoms. The highest BCUT2D eigenvalue weighted by atomic mass is 16.1. The topological polar surface area (TPSA) is 41.1 Å². The number of carbonyl (C=O) groups excluding carboxylic acids is 1. The van der Waals surface area contributed by atoms with E-state index in [4.69, 9.17) is 0 Å². The van der Waals surface area contributed by atoms with Crippen molar-refractivity contribution >= 4 is 17.3 Å². The Morgan fingerprint density at radius 3 is 2.21 bits per heavy atom. The molecule has 0 saturated heterocycles. The molecule has 2 aromatic rings. The van der Waals surface area contributed by atoms with Gasteiger partial charge < -0.3 is 10.6 Å². The minimum absolute atomic E-state index is 0.176. The lowest BCUT2D eigenvalue weighted by Crippen LogP contribution is -2.24. The largest absolute Gasteiger partial charge is 0.381 e. The van der Waals surface area contributed by atoms with Crippen LogP contribution in [0.3, 0.4) is 0 Å². The van der Waals surface area contributed by atoms with Crippen LogP contribution in [0.5, 0.6) is 0 Å². The van der Waals surface area contributed by atoms with Gasteiger partial charge in [0.15, 0.2) is 0 Å². The molecule has 1 aliphatic carbocycles. The van der Waals surface area contributed by atoms with E-state index in [0.29, 0.717) is 0 Å². The molecule has 0 radical (unpaired) electrons. The molecule has 1 amide bonds. The van der Waals surface area contributed by atoms with Crippen molar-refractivity contribution in [3.63, 3.8) is 0 Å². The van der Waals surface area contributed by atoms with Gasteiger partial charge in [0.25, 0.3) is 0 Å². The van der Waals surface area contributed by atoms with Crippen LogP contribution in [0.15, 0.2) is 48.5 Å². The molecule has 0 bridgehead atoms. The first-order valence-electron chi connectivity index (χ1n) is 8.91. The maximum absolute atomic E-state index is 12.3. The highest BCUT2D eigenvalue weighted by molar-refractivity contribution is 5.92. The molecule has 1 aliphatic rings. The molecular formula is C21H26N2O. The van der Waals surface area contributed by atoms with Crippen LogP contribution in [0.2, 0.25) is 0 Å². The highest BCUT2D eigenvalue weighted by Crippen LogP contribution is 2.25.